The number of anilines is 1. The highest BCUT2D eigenvalue weighted by Gasteiger charge is 2.24. The van der Waals surface area contributed by atoms with Gasteiger partial charge in [0.05, 0.1) is 12.1 Å². The van der Waals surface area contributed by atoms with Gasteiger partial charge in [0.25, 0.3) is 0 Å². The Kier molecular flexibility index (Phi) is 4.64. The summed E-state index contributed by atoms with van der Waals surface area (Å²) in [6, 6.07) is 15.3. The molecule has 0 atom stereocenters. The van der Waals surface area contributed by atoms with Crippen molar-refractivity contribution in [2.24, 2.45) is 0 Å². The third-order valence-electron chi connectivity index (χ3n) is 4.38. The molecule has 1 N–H and O–H groups in total. The number of rotatable bonds is 5. The lowest BCUT2D eigenvalue weighted by Gasteiger charge is -2.30. The zero-order valence-electron chi connectivity index (χ0n) is 14.4. The number of para-hydroxylation sites is 1. The second kappa shape index (κ2) is 7.39. The average Bonchev–Trinajstić information content (AvgIpc) is 2.70. The number of aromatic hydroxyl groups is 1. The molecule has 0 unspecified atom stereocenters. The predicted octanol–water partition coefficient (Wildman–Crippen LogP) is 3.08. The van der Waals surface area contributed by atoms with E-state index in [0.29, 0.717) is 24.7 Å². The van der Waals surface area contributed by atoms with Gasteiger partial charge in [-0.15, -0.1) is 0 Å². The van der Waals surface area contributed by atoms with Gasteiger partial charge in [-0.05, 0) is 37.1 Å². The van der Waals surface area contributed by atoms with E-state index in [1.54, 1.807) is 6.20 Å². The Hall–Kier alpha value is -3.15. The van der Waals surface area contributed by atoms with Crippen molar-refractivity contribution in [3.8, 4) is 23.1 Å². The molecule has 0 saturated carbocycles. The lowest BCUT2D eigenvalue weighted by Crippen LogP contribution is -2.34. The summed E-state index contributed by atoms with van der Waals surface area (Å²) in [5.41, 5.74) is 1.45. The van der Waals surface area contributed by atoms with Crippen molar-refractivity contribution in [3.63, 3.8) is 0 Å². The van der Waals surface area contributed by atoms with Crippen molar-refractivity contribution in [1.29, 1.82) is 0 Å². The van der Waals surface area contributed by atoms with Crippen LogP contribution >= 0.6 is 0 Å². The highest BCUT2D eigenvalue weighted by molar-refractivity contribution is 5.60. The Balaban J connectivity index is 1.55. The van der Waals surface area contributed by atoms with E-state index in [-0.39, 0.29) is 5.88 Å². The van der Waals surface area contributed by atoms with Gasteiger partial charge in [0.2, 0.25) is 5.88 Å². The molecule has 1 aliphatic rings. The second-order valence-electron chi connectivity index (χ2n) is 6.14. The smallest absolute Gasteiger partial charge is 0.219 e. The summed E-state index contributed by atoms with van der Waals surface area (Å²) in [6.07, 6.45) is 3.43. The Labute approximate surface area is 152 Å². The largest absolute Gasteiger partial charge is 0.493 e. The molecule has 1 aromatic carbocycles. The van der Waals surface area contributed by atoms with Crippen molar-refractivity contribution in [2.45, 2.75) is 12.8 Å². The van der Waals surface area contributed by atoms with Gasteiger partial charge < -0.3 is 14.7 Å². The maximum Gasteiger partial charge on any atom is 0.219 e. The van der Waals surface area contributed by atoms with Gasteiger partial charge in [0, 0.05) is 12.7 Å². The number of ether oxygens (including phenoxy) is 1. The van der Waals surface area contributed by atoms with Gasteiger partial charge in [-0.3, -0.25) is 4.98 Å². The summed E-state index contributed by atoms with van der Waals surface area (Å²) >= 11 is 0. The number of fused-ring (bicyclic) bond motifs is 1. The molecule has 2 aromatic heterocycles. The predicted molar refractivity (Wildman–Crippen MR) is 99.4 cm³/mol. The second-order valence-corrected chi connectivity index (χ2v) is 6.14. The number of benzene rings is 1. The van der Waals surface area contributed by atoms with Crippen LogP contribution in [-0.4, -0.2) is 39.8 Å². The molecule has 6 heteroatoms. The Morgan fingerprint density at radius 1 is 1.04 bits per heavy atom. The van der Waals surface area contributed by atoms with E-state index in [1.165, 1.54) is 0 Å². The first-order valence-corrected chi connectivity index (χ1v) is 8.75. The molecule has 3 aromatic rings. The lowest BCUT2D eigenvalue weighted by atomic mass is 10.1. The zero-order valence-corrected chi connectivity index (χ0v) is 14.4. The molecular weight excluding hydrogens is 328 g/mol. The average molecular weight is 348 g/mol. The van der Waals surface area contributed by atoms with Crippen LogP contribution < -0.4 is 9.64 Å². The maximum atomic E-state index is 10.4. The zero-order chi connectivity index (χ0) is 17.8. The molecular formula is C20H20N4O2. The molecule has 0 aliphatic carbocycles. The van der Waals surface area contributed by atoms with Gasteiger partial charge in [0.15, 0.2) is 5.82 Å². The normalized spacial score (nSPS) is 13.3. The van der Waals surface area contributed by atoms with E-state index < -0.39 is 0 Å². The number of aromatic nitrogens is 3. The van der Waals surface area contributed by atoms with Crippen LogP contribution in [0.4, 0.5) is 5.82 Å². The highest BCUT2D eigenvalue weighted by atomic mass is 16.5. The molecule has 0 spiro atoms. The number of hydrogen-bond donors (Lipinski definition) is 1. The van der Waals surface area contributed by atoms with Gasteiger partial charge >= 0.3 is 0 Å². The van der Waals surface area contributed by atoms with Gasteiger partial charge in [-0.1, -0.05) is 24.3 Å². The summed E-state index contributed by atoms with van der Waals surface area (Å²) < 4.78 is 5.81. The summed E-state index contributed by atoms with van der Waals surface area (Å²) in [5, 5.41) is 10.4. The Morgan fingerprint density at radius 2 is 1.88 bits per heavy atom. The minimum absolute atomic E-state index is 0.0457. The minimum atomic E-state index is 0.0457. The number of hydrogen-bond acceptors (Lipinski definition) is 6. The minimum Gasteiger partial charge on any atom is -0.493 e. The molecule has 132 valence electrons. The van der Waals surface area contributed by atoms with Crippen molar-refractivity contribution >= 4 is 5.82 Å². The van der Waals surface area contributed by atoms with Crippen molar-refractivity contribution in [3.05, 3.63) is 60.3 Å². The van der Waals surface area contributed by atoms with Crippen LogP contribution in [0, 0.1) is 0 Å². The Bertz CT molecular complexity index is 872. The van der Waals surface area contributed by atoms with E-state index in [1.807, 2.05) is 48.5 Å². The van der Waals surface area contributed by atoms with Crippen LogP contribution in [-0.2, 0) is 6.42 Å². The molecule has 4 rings (SSSR count). The standard InChI is InChI=1S/C20H20N4O2/c25-20-16-9-6-12-24(13-14-26-15-7-2-1-3-8-15)19(16)22-18(23-20)17-10-4-5-11-21-17/h1-5,7-8,10-11H,6,9,12-14H2,(H,22,23,25). The van der Waals surface area contributed by atoms with Gasteiger partial charge in [0.1, 0.15) is 23.9 Å². The quantitative estimate of drug-likeness (QED) is 0.764. The first-order chi connectivity index (χ1) is 12.8. The number of pyridine rings is 1. The van der Waals surface area contributed by atoms with Crippen LogP contribution in [0.2, 0.25) is 0 Å². The SMILES string of the molecule is Oc1nc(-c2ccccn2)nc2c1CCCN2CCOc1ccccc1. The fraction of sp³-hybridized carbons (Fsp3) is 0.250. The molecule has 0 bridgehead atoms. The lowest BCUT2D eigenvalue weighted by molar-refractivity contribution is 0.322. The van der Waals surface area contributed by atoms with Crippen LogP contribution in [0.3, 0.4) is 0 Å². The molecule has 3 heterocycles. The van der Waals surface area contributed by atoms with Gasteiger partial charge in [-0.2, -0.15) is 4.98 Å². The van der Waals surface area contributed by atoms with Crippen LogP contribution in [0.5, 0.6) is 11.6 Å². The molecule has 6 nitrogen and oxygen atoms in total. The van der Waals surface area contributed by atoms with E-state index in [9.17, 15) is 5.11 Å². The molecule has 1 aliphatic heterocycles. The van der Waals surface area contributed by atoms with Crippen LogP contribution in [0.15, 0.2) is 54.7 Å². The highest BCUT2D eigenvalue weighted by Crippen LogP contribution is 2.32. The van der Waals surface area contributed by atoms with Crippen molar-refractivity contribution < 1.29 is 9.84 Å². The van der Waals surface area contributed by atoms with Crippen LogP contribution in [0.25, 0.3) is 11.5 Å². The fourth-order valence-electron chi connectivity index (χ4n) is 3.12. The Morgan fingerprint density at radius 3 is 2.69 bits per heavy atom. The monoisotopic (exact) mass is 348 g/mol. The van der Waals surface area contributed by atoms with Crippen molar-refractivity contribution in [1.82, 2.24) is 15.0 Å². The number of nitrogens with zero attached hydrogens (tertiary/aromatic N) is 4. The topological polar surface area (TPSA) is 71.4 Å². The third-order valence-corrected chi connectivity index (χ3v) is 4.38. The summed E-state index contributed by atoms with van der Waals surface area (Å²) in [5.74, 6) is 2.12. The summed E-state index contributed by atoms with van der Waals surface area (Å²) in [4.78, 5) is 15.4. The molecule has 0 fully saturated rings. The van der Waals surface area contributed by atoms with Crippen molar-refractivity contribution in [2.75, 3.05) is 24.6 Å². The molecule has 0 saturated heterocycles. The van der Waals surface area contributed by atoms with E-state index in [0.717, 1.165) is 36.5 Å². The summed E-state index contributed by atoms with van der Waals surface area (Å²) in [6.45, 7) is 2.12. The maximum absolute atomic E-state index is 10.4. The molecule has 0 radical (unpaired) electrons. The van der Waals surface area contributed by atoms with E-state index >= 15 is 0 Å². The molecule has 0 amide bonds. The summed E-state index contributed by atoms with van der Waals surface area (Å²) in [7, 11) is 0. The first kappa shape index (κ1) is 16.3. The van der Waals surface area contributed by atoms with E-state index in [4.69, 9.17) is 4.74 Å². The first-order valence-electron chi connectivity index (χ1n) is 8.75. The van der Waals surface area contributed by atoms with E-state index in [2.05, 4.69) is 19.9 Å². The fourth-order valence-corrected chi connectivity index (χ4v) is 3.12. The molecule has 26 heavy (non-hydrogen) atoms. The van der Waals surface area contributed by atoms with Crippen LogP contribution in [0.1, 0.15) is 12.0 Å². The van der Waals surface area contributed by atoms with Gasteiger partial charge in [-0.25, -0.2) is 4.98 Å². The third kappa shape index (κ3) is 3.44.